The van der Waals surface area contributed by atoms with E-state index in [0.717, 1.165) is 31.7 Å². The quantitative estimate of drug-likeness (QED) is 0.801. The summed E-state index contributed by atoms with van der Waals surface area (Å²) in [7, 11) is 2.13. The molecule has 4 heteroatoms. The summed E-state index contributed by atoms with van der Waals surface area (Å²) >= 11 is 0. The molecule has 1 aliphatic heterocycles. The van der Waals surface area contributed by atoms with Crippen molar-refractivity contribution < 1.29 is 9.84 Å². The highest BCUT2D eigenvalue weighted by molar-refractivity contribution is 5.25. The topological polar surface area (TPSA) is 44.7 Å². The molecule has 0 radical (unpaired) electrons. The molecule has 1 aliphatic rings. The van der Waals surface area contributed by atoms with Crippen LogP contribution in [0.4, 0.5) is 0 Å². The zero-order valence-corrected chi connectivity index (χ0v) is 13.4. The van der Waals surface area contributed by atoms with E-state index in [1.54, 1.807) is 0 Å². The second kappa shape index (κ2) is 7.36. The van der Waals surface area contributed by atoms with E-state index in [2.05, 4.69) is 43.2 Å². The Morgan fingerprint density at radius 1 is 1.38 bits per heavy atom. The lowest BCUT2D eigenvalue weighted by Gasteiger charge is -2.39. The lowest BCUT2D eigenvalue weighted by molar-refractivity contribution is 0.0566. The van der Waals surface area contributed by atoms with Crippen LogP contribution in [0.2, 0.25) is 0 Å². The van der Waals surface area contributed by atoms with E-state index in [1.165, 1.54) is 0 Å². The number of likely N-dealkylation sites (N-methyl/N-ethyl adjacent to an activating group) is 2. The molecule has 4 nitrogen and oxygen atoms in total. The molecule has 0 spiro atoms. The maximum atomic E-state index is 10.1. The summed E-state index contributed by atoms with van der Waals surface area (Å²) in [5.41, 5.74) is 0.709. The average Bonchev–Trinajstić information content (AvgIpc) is 2.94. The largest absolute Gasteiger partial charge is 0.394 e. The minimum absolute atomic E-state index is 0.0805. The first-order chi connectivity index (χ1) is 10.1. The summed E-state index contributed by atoms with van der Waals surface area (Å²) < 4.78 is 5.68. The van der Waals surface area contributed by atoms with Crippen molar-refractivity contribution in [2.45, 2.75) is 38.0 Å². The zero-order chi connectivity index (χ0) is 15.3. The van der Waals surface area contributed by atoms with Gasteiger partial charge in [0.05, 0.1) is 18.2 Å². The first kappa shape index (κ1) is 16.4. The van der Waals surface area contributed by atoms with Crippen LogP contribution in [-0.2, 0) is 10.3 Å². The van der Waals surface area contributed by atoms with E-state index in [-0.39, 0.29) is 12.7 Å². The van der Waals surface area contributed by atoms with Crippen LogP contribution in [0.15, 0.2) is 30.3 Å². The van der Waals surface area contributed by atoms with Crippen molar-refractivity contribution in [1.29, 1.82) is 0 Å². The van der Waals surface area contributed by atoms with Crippen LogP contribution < -0.4 is 5.32 Å². The van der Waals surface area contributed by atoms with Crippen molar-refractivity contribution in [3.8, 4) is 0 Å². The smallest absolute Gasteiger partial charge is 0.0797 e. The van der Waals surface area contributed by atoms with Crippen LogP contribution >= 0.6 is 0 Å². The summed E-state index contributed by atoms with van der Waals surface area (Å²) in [6, 6.07) is 10.6. The highest BCUT2D eigenvalue weighted by Gasteiger charge is 2.36. The van der Waals surface area contributed by atoms with Crippen molar-refractivity contribution in [1.82, 2.24) is 10.2 Å². The van der Waals surface area contributed by atoms with E-state index in [9.17, 15) is 5.11 Å². The summed E-state index contributed by atoms with van der Waals surface area (Å²) in [5.74, 6) is 0. The molecule has 118 valence electrons. The second-order valence-corrected chi connectivity index (χ2v) is 5.98. The van der Waals surface area contributed by atoms with Gasteiger partial charge in [0.25, 0.3) is 0 Å². The number of aliphatic hydroxyl groups is 1. The van der Waals surface area contributed by atoms with Gasteiger partial charge in [-0.25, -0.2) is 0 Å². The summed E-state index contributed by atoms with van der Waals surface area (Å²) in [4.78, 5) is 2.32. The minimum atomic E-state index is -0.424. The predicted molar refractivity (Wildman–Crippen MR) is 85.3 cm³/mol. The molecule has 1 saturated heterocycles. The highest BCUT2D eigenvalue weighted by Crippen LogP contribution is 2.26. The first-order valence-corrected chi connectivity index (χ1v) is 7.86. The molecule has 2 rings (SSSR count). The number of hydrogen-bond donors (Lipinski definition) is 2. The Labute approximate surface area is 128 Å². The molecule has 0 aliphatic carbocycles. The number of aliphatic hydroxyl groups excluding tert-OH is 1. The number of ether oxygens (including phenoxy) is 1. The molecule has 0 aromatic heterocycles. The maximum absolute atomic E-state index is 10.1. The minimum Gasteiger partial charge on any atom is -0.394 e. The van der Waals surface area contributed by atoms with E-state index >= 15 is 0 Å². The molecule has 1 aromatic rings. The third-order valence-corrected chi connectivity index (χ3v) is 4.53. The molecule has 3 unspecified atom stereocenters. The van der Waals surface area contributed by atoms with Crippen molar-refractivity contribution in [2.24, 2.45) is 0 Å². The molecule has 2 N–H and O–H groups in total. The highest BCUT2D eigenvalue weighted by atomic mass is 16.5. The molecule has 21 heavy (non-hydrogen) atoms. The van der Waals surface area contributed by atoms with Crippen molar-refractivity contribution in [3.63, 3.8) is 0 Å². The first-order valence-electron chi connectivity index (χ1n) is 7.86. The summed E-state index contributed by atoms with van der Waals surface area (Å²) in [6.45, 7) is 6.70. The number of hydrogen-bond acceptors (Lipinski definition) is 4. The molecule has 1 aromatic carbocycles. The molecular weight excluding hydrogens is 264 g/mol. The van der Waals surface area contributed by atoms with Gasteiger partial charge >= 0.3 is 0 Å². The Kier molecular flexibility index (Phi) is 5.76. The van der Waals surface area contributed by atoms with Gasteiger partial charge in [0.1, 0.15) is 0 Å². The Hall–Kier alpha value is -0.940. The lowest BCUT2D eigenvalue weighted by Crippen LogP contribution is -2.55. The van der Waals surface area contributed by atoms with Crippen LogP contribution in [0.3, 0.4) is 0 Å². The predicted octanol–water partition coefficient (Wildman–Crippen LogP) is 1.59. The van der Waals surface area contributed by atoms with Gasteiger partial charge in [-0.2, -0.15) is 0 Å². The molecule has 1 fully saturated rings. The van der Waals surface area contributed by atoms with Gasteiger partial charge in [0.2, 0.25) is 0 Å². The number of benzene rings is 1. The number of nitrogens with one attached hydrogen (secondary N) is 1. The fraction of sp³-hybridized carbons (Fsp3) is 0.647. The van der Waals surface area contributed by atoms with E-state index in [4.69, 9.17) is 4.74 Å². The van der Waals surface area contributed by atoms with Gasteiger partial charge in [-0.3, -0.25) is 4.90 Å². The van der Waals surface area contributed by atoms with Crippen molar-refractivity contribution >= 4 is 0 Å². The van der Waals surface area contributed by atoms with Gasteiger partial charge in [0.15, 0.2) is 0 Å². The van der Waals surface area contributed by atoms with Gasteiger partial charge in [-0.1, -0.05) is 37.3 Å². The van der Waals surface area contributed by atoms with Crippen LogP contribution in [0.25, 0.3) is 0 Å². The second-order valence-electron chi connectivity index (χ2n) is 5.98. The zero-order valence-electron chi connectivity index (χ0n) is 13.4. The van der Waals surface area contributed by atoms with Crippen LogP contribution in [0.1, 0.15) is 25.8 Å². The molecule has 1 heterocycles. The van der Waals surface area contributed by atoms with E-state index < -0.39 is 5.54 Å². The standard InChI is InChI=1S/C17H28N2O2/c1-4-18-17(13-20,15-8-6-5-7-9-15)12-19(3)16-10-11-21-14(16)2/h5-9,14,16,18,20H,4,10-13H2,1-3H3. The normalized spacial score (nSPS) is 25.2. The Morgan fingerprint density at radius 2 is 2.10 bits per heavy atom. The molecule has 0 bridgehead atoms. The Bertz CT molecular complexity index is 426. The SMILES string of the molecule is CCNC(CO)(CN(C)C1CCOC1C)c1ccccc1. The lowest BCUT2D eigenvalue weighted by atomic mass is 9.89. The van der Waals surface area contributed by atoms with Crippen molar-refractivity contribution in [2.75, 3.05) is 33.4 Å². The molecule has 0 saturated carbocycles. The third kappa shape index (κ3) is 3.64. The third-order valence-electron chi connectivity index (χ3n) is 4.53. The monoisotopic (exact) mass is 292 g/mol. The Balaban J connectivity index is 2.20. The van der Waals surface area contributed by atoms with Gasteiger partial charge in [-0.05, 0) is 32.5 Å². The van der Waals surface area contributed by atoms with Crippen LogP contribution in [0.5, 0.6) is 0 Å². The molecular formula is C17H28N2O2. The fourth-order valence-electron chi connectivity index (χ4n) is 3.38. The summed E-state index contributed by atoms with van der Waals surface area (Å²) in [6.07, 6.45) is 1.31. The van der Waals surface area contributed by atoms with E-state index in [1.807, 2.05) is 18.2 Å². The van der Waals surface area contributed by atoms with Gasteiger partial charge < -0.3 is 15.2 Å². The molecule has 0 amide bonds. The Morgan fingerprint density at radius 3 is 2.62 bits per heavy atom. The number of rotatable bonds is 7. The van der Waals surface area contributed by atoms with Crippen molar-refractivity contribution in [3.05, 3.63) is 35.9 Å². The average molecular weight is 292 g/mol. The van der Waals surface area contributed by atoms with Gasteiger partial charge in [0, 0.05) is 19.2 Å². The van der Waals surface area contributed by atoms with Crippen LogP contribution in [0, 0.1) is 0 Å². The van der Waals surface area contributed by atoms with E-state index in [0.29, 0.717) is 6.04 Å². The maximum Gasteiger partial charge on any atom is 0.0797 e. The van der Waals surface area contributed by atoms with Crippen LogP contribution in [-0.4, -0.2) is 55.5 Å². The summed E-state index contributed by atoms with van der Waals surface area (Å²) in [5, 5.41) is 13.6. The fourth-order valence-corrected chi connectivity index (χ4v) is 3.38. The molecule has 3 atom stereocenters. The number of nitrogens with zero attached hydrogens (tertiary/aromatic N) is 1. The van der Waals surface area contributed by atoms with Gasteiger partial charge in [-0.15, -0.1) is 0 Å².